The average Bonchev–Trinajstić information content (AvgIpc) is 3.69. The summed E-state index contributed by atoms with van der Waals surface area (Å²) in [4.78, 5) is 16.0. The second-order valence-corrected chi connectivity index (χ2v) is 15.4. The van der Waals surface area contributed by atoms with Gasteiger partial charge in [-0.25, -0.2) is 15.0 Å². The number of nitrogens with zero attached hydrogens (tertiary/aromatic N) is 3. The van der Waals surface area contributed by atoms with Crippen molar-refractivity contribution in [2.24, 2.45) is 0 Å². The minimum atomic E-state index is 0.704. The summed E-state index contributed by atoms with van der Waals surface area (Å²) < 4.78 is 2.41. The number of aromatic nitrogens is 3. The number of pyridine rings is 1. The largest absolute Gasteiger partial charge is 0.247 e. The highest BCUT2D eigenvalue weighted by atomic mass is 32.1. The van der Waals surface area contributed by atoms with Crippen LogP contribution in [-0.2, 0) is 0 Å². The monoisotopic (exact) mass is 743 g/mol. The number of para-hydroxylation sites is 1. The van der Waals surface area contributed by atoms with Crippen LogP contribution in [0.15, 0.2) is 200 Å². The molecule has 11 aromatic rings. The van der Waals surface area contributed by atoms with Gasteiger partial charge in [0, 0.05) is 58.6 Å². The Morgan fingerprint density at radius 3 is 1.46 bits per heavy atom. The first-order valence-corrected chi connectivity index (χ1v) is 20.0. The van der Waals surface area contributed by atoms with E-state index in [9.17, 15) is 0 Å². The summed E-state index contributed by atoms with van der Waals surface area (Å²) in [5.74, 6) is 0.704. The predicted molar refractivity (Wildman–Crippen MR) is 240 cm³/mol. The summed E-state index contributed by atoms with van der Waals surface area (Å²) in [5.41, 5.74) is 12.6. The number of fused-ring (bicyclic) bond motifs is 7. The van der Waals surface area contributed by atoms with Gasteiger partial charge < -0.3 is 0 Å². The number of hydrogen-bond acceptors (Lipinski definition) is 4. The summed E-state index contributed by atoms with van der Waals surface area (Å²) in [5, 5.41) is 5.96. The van der Waals surface area contributed by atoms with Crippen LogP contribution in [-0.4, -0.2) is 15.0 Å². The van der Waals surface area contributed by atoms with Crippen molar-refractivity contribution in [1.29, 1.82) is 0 Å². The molecule has 266 valence electrons. The van der Waals surface area contributed by atoms with E-state index in [-0.39, 0.29) is 0 Å². The number of hydrogen-bond donors (Lipinski definition) is 0. The minimum Gasteiger partial charge on any atom is -0.247 e. The van der Waals surface area contributed by atoms with Crippen LogP contribution in [0.4, 0.5) is 0 Å². The molecule has 0 saturated carbocycles. The molecule has 0 bridgehead atoms. The number of thiophene rings is 1. The molecule has 0 amide bonds. The van der Waals surface area contributed by atoms with Gasteiger partial charge in [-0.3, -0.25) is 0 Å². The topological polar surface area (TPSA) is 38.7 Å². The third kappa shape index (κ3) is 5.86. The van der Waals surface area contributed by atoms with E-state index in [0.717, 1.165) is 66.8 Å². The molecule has 0 aliphatic rings. The highest BCUT2D eigenvalue weighted by molar-refractivity contribution is 7.27. The molecule has 3 nitrogen and oxygen atoms in total. The van der Waals surface area contributed by atoms with Crippen LogP contribution >= 0.6 is 11.3 Å². The SMILES string of the molecule is c1ccc(-c2cccc(-c3cc(-c4cccc(-c5ccccc5)c4)nc(-c4cccc5c4sc4c5ccc5c(-c6ccccc6)nc6ccccc6c54)n3)c2)cc1. The van der Waals surface area contributed by atoms with E-state index in [2.05, 4.69) is 200 Å². The van der Waals surface area contributed by atoms with Gasteiger partial charge in [0.25, 0.3) is 0 Å². The molecule has 0 spiro atoms. The molecule has 0 atom stereocenters. The van der Waals surface area contributed by atoms with Crippen molar-refractivity contribution in [1.82, 2.24) is 15.0 Å². The Hall–Kier alpha value is -7.27. The lowest BCUT2D eigenvalue weighted by atomic mass is 9.97. The maximum Gasteiger partial charge on any atom is 0.161 e. The molecule has 57 heavy (non-hydrogen) atoms. The van der Waals surface area contributed by atoms with Crippen molar-refractivity contribution in [2.45, 2.75) is 0 Å². The van der Waals surface area contributed by atoms with E-state index < -0.39 is 0 Å². The first-order valence-electron chi connectivity index (χ1n) is 19.2. The van der Waals surface area contributed by atoms with Gasteiger partial charge in [0.1, 0.15) is 0 Å². The van der Waals surface area contributed by atoms with Gasteiger partial charge in [-0.2, -0.15) is 0 Å². The van der Waals surface area contributed by atoms with Crippen LogP contribution < -0.4 is 0 Å². The van der Waals surface area contributed by atoms with Crippen LogP contribution in [0.2, 0.25) is 0 Å². The maximum absolute atomic E-state index is 5.39. The average molecular weight is 744 g/mol. The smallest absolute Gasteiger partial charge is 0.161 e. The minimum absolute atomic E-state index is 0.704. The van der Waals surface area contributed by atoms with E-state index in [0.29, 0.717) is 5.82 Å². The lowest BCUT2D eigenvalue weighted by Gasteiger charge is -2.12. The molecule has 0 radical (unpaired) electrons. The molecule has 0 aliphatic heterocycles. The molecule has 0 unspecified atom stereocenters. The van der Waals surface area contributed by atoms with Crippen LogP contribution in [0.1, 0.15) is 0 Å². The zero-order valence-corrected chi connectivity index (χ0v) is 31.6. The highest BCUT2D eigenvalue weighted by Crippen LogP contribution is 2.46. The zero-order valence-electron chi connectivity index (χ0n) is 30.8. The van der Waals surface area contributed by atoms with Gasteiger partial charge in [-0.05, 0) is 52.6 Å². The molecule has 11 rings (SSSR count). The third-order valence-corrected chi connectivity index (χ3v) is 12.1. The lowest BCUT2D eigenvalue weighted by Crippen LogP contribution is -1.96. The van der Waals surface area contributed by atoms with Crippen molar-refractivity contribution < 1.29 is 0 Å². The summed E-state index contributed by atoms with van der Waals surface area (Å²) in [6, 6.07) is 70.7. The molecule has 0 fully saturated rings. The van der Waals surface area contributed by atoms with E-state index in [1.54, 1.807) is 0 Å². The van der Waals surface area contributed by atoms with Crippen LogP contribution in [0.5, 0.6) is 0 Å². The Kier molecular flexibility index (Phi) is 8.01. The summed E-state index contributed by atoms with van der Waals surface area (Å²) in [7, 11) is 0. The molecule has 4 heteroatoms. The number of rotatable bonds is 6. The summed E-state index contributed by atoms with van der Waals surface area (Å²) in [6.45, 7) is 0. The van der Waals surface area contributed by atoms with Gasteiger partial charge in [0.05, 0.1) is 22.6 Å². The fraction of sp³-hybridized carbons (Fsp3) is 0. The van der Waals surface area contributed by atoms with Crippen LogP contribution in [0, 0.1) is 0 Å². The van der Waals surface area contributed by atoms with Crippen molar-refractivity contribution in [3.8, 4) is 67.4 Å². The van der Waals surface area contributed by atoms with Crippen molar-refractivity contribution >= 4 is 53.2 Å². The Bertz CT molecular complexity index is 3180. The number of benzene rings is 8. The Labute approximate surface area is 334 Å². The van der Waals surface area contributed by atoms with E-state index in [1.807, 2.05) is 11.3 Å². The molecule has 0 aliphatic carbocycles. The van der Waals surface area contributed by atoms with E-state index in [4.69, 9.17) is 15.0 Å². The fourth-order valence-corrected chi connectivity index (χ4v) is 9.49. The first-order chi connectivity index (χ1) is 28.2. The van der Waals surface area contributed by atoms with Crippen LogP contribution in [0.3, 0.4) is 0 Å². The first kappa shape index (κ1) is 33.1. The molecule has 0 saturated heterocycles. The summed E-state index contributed by atoms with van der Waals surface area (Å²) >= 11 is 1.83. The standard InChI is InChI=1S/C53H33N3S/c1-4-15-34(16-5-1)37-21-12-23-39(31-37)47-33-48(40-24-13-22-38(32-40)35-17-6-2-7-18-35)56-53(55-47)45-27-14-26-41-42-29-30-44-49(52(42)57-51(41)45)43-25-10-11-28-46(43)54-50(44)36-19-8-3-9-20-36/h1-33H. The quantitative estimate of drug-likeness (QED) is 0.159. The zero-order chi connectivity index (χ0) is 37.7. The molecular weight excluding hydrogens is 711 g/mol. The third-order valence-electron chi connectivity index (χ3n) is 10.9. The Balaban J connectivity index is 1.15. The van der Waals surface area contributed by atoms with Gasteiger partial charge in [0.2, 0.25) is 0 Å². The second-order valence-electron chi connectivity index (χ2n) is 14.3. The molecular formula is C53H33N3S. The van der Waals surface area contributed by atoms with Crippen LogP contribution in [0.25, 0.3) is 109 Å². The molecule has 3 heterocycles. The van der Waals surface area contributed by atoms with Gasteiger partial charge >= 0.3 is 0 Å². The summed E-state index contributed by atoms with van der Waals surface area (Å²) in [6.07, 6.45) is 0. The van der Waals surface area contributed by atoms with E-state index in [1.165, 1.54) is 36.7 Å². The van der Waals surface area contributed by atoms with Gasteiger partial charge in [-0.15, -0.1) is 11.3 Å². The van der Waals surface area contributed by atoms with Crippen molar-refractivity contribution in [3.05, 3.63) is 200 Å². The van der Waals surface area contributed by atoms with Crippen molar-refractivity contribution in [2.75, 3.05) is 0 Å². The van der Waals surface area contributed by atoms with Gasteiger partial charge in [0.15, 0.2) is 5.82 Å². The second kappa shape index (κ2) is 13.8. The van der Waals surface area contributed by atoms with Crippen molar-refractivity contribution in [3.63, 3.8) is 0 Å². The Morgan fingerprint density at radius 1 is 0.316 bits per heavy atom. The Morgan fingerprint density at radius 2 is 0.807 bits per heavy atom. The lowest BCUT2D eigenvalue weighted by molar-refractivity contribution is 1.19. The predicted octanol–water partition coefficient (Wildman–Crippen LogP) is 14.5. The maximum atomic E-state index is 5.39. The van der Waals surface area contributed by atoms with E-state index >= 15 is 0 Å². The molecule has 3 aromatic heterocycles. The molecule has 0 N–H and O–H groups in total. The fourth-order valence-electron chi connectivity index (χ4n) is 8.12. The normalized spacial score (nSPS) is 11.5. The molecule has 8 aromatic carbocycles. The van der Waals surface area contributed by atoms with Gasteiger partial charge in [-0.1, -0.05) is 170 Å². The highest BCUT2D eigenvalue weighted by Gasteiger charge is 2.20.